The van der Waals surface area contributed by atoms with Crippen molar-refractivity contribution >= 4 is 0 Å². The molecule has 1 aromatic rings. The molecule has 0 spiro atoms. The van der Waals surface area contributed by atoms with Gasteiger partial charge in [-0.1, -0.05) is 0 Å². The van der Waals surface area contributed by atoms with Crippen molar-refractivity contribution in [1.82, 2.24) is 10.2 Å². The smallest absolute Gasteiger partial charge is 0.126 e. The number of nitrogens with one attached hydrogen (secondary N) is 1. The Morgan fingerprint density at radius 3 is 3.17 bits per heavy atom. The molecule has 12 heavy (non-hydrogen) atoms. The summed E-state index contributed by atoms with van der Waals surface area (Å²) in [5.41, 5.74) is 2.60. The van der Waals surface area contributed by atoms with Gasteiger partial charge in [-0.05, 0) is 24.8 Å². The summed E-state index contributed by atoms with van der Waals surface area (Å²) < 4.78 is 12.1. The second-order valence-electron chi connectivity index (χ2n) is 3.09. The van der Waals surface area contributed by atoms with Gasteiger partial charge in [0, 0.05) is 5.69 Å². The topological polar surface area (TPSA) is 48.9 Å². The van der Waals surface area contributed by atoms with E-state index in [-0.39, 0.29) is 0 Å². The Bertz CT molecular complexity index is 285. The first-order chi connectivity index (χ1) is 5.83. The van der Waals surface area contributed by atoms with Gasteiger partial charge < -0.3 is 5.11 Å². The van der Waals surface area contributed by atoms with E-state index in [2.05, 4.69) is 10.2 Å². The Balaban J connectivity index is 2.33. The minimum atomic E-state index is -1.04. The predicted molar refractivity (Wildman–Crippen MR) is 41.5 cm³/mol. The highest BCUT2D eigenvalue weighted by atomic mass is 19.1. The number of hydrogen-bond acceptors (Lipinski definition) is 2. The Morgan fingerprint density at radius 2 is 2.42 bits per heavy atom. The molecule has 0 radical (unpaired) electrons. The number of aromatic amines is 1. The van der Waals surface area contributed by atoms with Crippen LogP contribution in [0.5, 0.6) is 0 Å². The molecule has 0 bridgehead atoms. The van der Waals surface area contributed by atoms with Gasteiger partial charge in [-0.25, -0.2) is 4.39 Å². The summed E-state index contributed by atoms with van der Waals surface area (Å²) in [4.78, 5) is 0. The van der Waals surface area contributed by atoms with Gasteiger partial charge in [-0.3, -0.25) is 5.10 Å². The third-order valence-corrected chi connectivity index (χ3v) is 2.30. The van der Waals surface area contributed by atoms with Crippen molar-refractivity contribution in [1.29, 1.82) is 0 Å². The Hall–Kier alpha value is -0.900. The van der Waals surface area contributed by atoms with Gasteiger partial charge in [0.05, 0.1) is 5.69 Å². The molecule has 0 aliphatic heterocycles. The fraction of sp³-hybridized carbons (Fsp3) is 0.625. The maximum Gasteiger partial charge on any atom is 0.126 e. The van der Waals surface area contributed by atoms with E-state index in [0.717, 1.165) is 30.5 Å². The lowest BCUT2D eigenvalue weighted by Gasteiger charge is -2.02. The minimum Gasteiger partial charge on any atom is -0.384 e. The van der Waals surface area contributed by atoms with Crippen molar-refractivity contribution in [3.8, 4) is 0 Å². The fourth-order valence-electron chi connectivity index (χ4n) is 1.69. The molecule has 1 aliphatic carbocycles. The lowest BCUT2D eigenvalue weighted by atomic mass is 10.1. The summed E-state index contributed by atoms with van der Waals surface area (Å²) in [6.45, 7) is -0.753. The Morgan fingerprint density at radius 1 is 1.58 bits per heavy atom. The fourth-order valence-corrected chi connectivity index (χ4v) is 1.69. The minimum absolute atomic E-state index is 0.505. The highest BCUT2D eigenvalue weighted by Gasteiger charge is 2.22. The third kappa shape index (κ3) is 1.03. The lowest BCUT2D eigenvalue weighted by molar-refractivity contribution is 0.136. The molecule has 4 heteroatoms. The number of fused-ring (bicyclic) bond motifs is 1. The summed E-state index contributed by atoms with van der Waals surface area (Å²) >= 11 is 0. The molecular formula is C8H11FN2O. The first kappa shape index (κ1) is 7.73. The quantitative estimate of drug-likeness (QED) is 0.692. The first-order valence-corrected chi connectivity index (χ1v) is 4.13. The standard InChI is InChI=1S/C8H11FN2O/c9-4-7(12)8-5-2-1-3-6(5)10-11-8/h7,12H,1-4H2,(H,10,11). The van der Waals surface area contributed by atoms with Crippen LogP contribution >= 0.6 is 0 Å². The number of aromatic nitrogens is 2. The van der Waals surface area contributed by atoms with Gasteiger partial charge >= 0.3 is 0 Å². The van der Waals surface area contributed by atoms with Gasteiger partial charge in [0.2, 0.25) is 0 Å². The molecule has 0 aromatic carbocycles. The van der Waals surface area contributed by atoms with E-state index in [9.17, 15) is 9.50 Å². The van der Waals surface area contributed by atoms with Gasteiger partial charge in [-0.2, -0.15) is 5.10 Å². The molecule has 2 N–H and O–H groups in total. The molecule has 1 atom stereocenters. The van der Waals surface area contributed by atoms with Crippen LogP contribution in [0.25, 0.3) is 0 Å². The van der Waals surface area contributed by atoms with E-state index in [1.807, 2.05) is 0 Å². The van der Waals surface area contributed by atoms with Gasteiger partial charge in [0.1, 0.15) is 12.8 Å². The van der Waals surface area contributed by atoms with Crippen LogP contribution in [-0.4, -0.2) is 22.0 Å². The molecule has 0 amide bonds. The number of alkyl halides is 1. The molecule has 1 aliphatic rings. The zero-order chi connectivity index (χ0) is 8.55. The third-order valence-electron chi connectivity index (χ3n) is 2.30. The highest BCUT2D eigenvalue weighted by Crippen LogP contribution is 2.26. The van der Waals surface area contributed by atoms with Crippen LogP contribution in [0.4, 0.5) is 4.39 Å². The molecule has 2 rings (SSSR count). The van der Waals surface area contributed by atoms with Crippen molar-refractivity contribution < 1.29 is 9.50 Å². The van der Waals surface area contributed by atoms with Crippen molar-refractivity contribution in [3.05, 3.63) is 17.0 Å². The van der Waals surface area contributed by atoms with Gasteiger partial charge in [-0.15, -0.1) is 0 Å². The van der Waals surface area contributed by atoms with Crippen LogP contribution in [0.3, 0.4) is 0 Å². The maximum atomic E-state index is 12.1. The number of nitrogens with zero attached hydrogens (tertiary/aromatic N) is 1. The summed E-state index contributed by atoms with van der Waals surface area (Å²) in [5, 5.41) is 15.9. The van der Waals surface area contributed by atoms with Crippen molar-refractivity contribution in [2.24, 2.45) is 0 Å². The second kappa shape index (κ2) is 2.86. The van der Waals surface area contributed by atoms with E-state index in [4.69, 9.17) is 0 Å². The summed E-state index contributed by atoms with van der Waals surface area (Å²) in [7, 11) is 0. The molecule has 1 unspecified atom stereocenters. The number of H-pyrrole nitrogens is 1. The zero-order valence-electron chi connectivity index (χ0n) is 6.68. The number of rotatable bonds is 2. The predicted octanol–water partition coefficient (Wildman–Crippen LogP) is 0.901. The maximum absolute atomic E-state index is 12.1. The molecule has 1 aromatic heterocycles. The normalized spacial score (nSPS) is 17.8. The van der Waals surface area contributed by atoms with E-state index in [0.29, 0.717) is 5.69 Å². The second-order valence-corrected chi connectivity index (χ2v) is 3.09. The molecule has 0 saturated carbocycles. The van der Waals surface area contributed by atoms with E-state index >= 15 is 0 Å². The van der Waals surface area contributed by atoms with Gasteiger partial charge in [0.25, 0.3) is 0 Å². The average molecular weight is 170 g/mol. The average Bonchev–Trinajstić information content (AvgIpc) is 2.62. The molecule has 3 nitrogen and oxygen atoms in total. The summed E-state index contributed by atoms with van der Waals surface area (Å²) in [5.74, 6) is 0. The molecule has 0 fully saturated rings. The molecule has 1 heterocycles. The van der Waals surface area contributed by atoms with Crippen LogP contribution in [0, 0.1) is 0 Å². The van der Waals surface area contributed by atoms with Crippen molar-refractivity contribution in [2.45, 2.75) is 25.4 Å². The monoisotopic (exact) mass is 170 g/mol. The van der Waals surface area contributed by atoms with Crippen molar-refractivity contribution in [2.75, 3.05) is 6.67 Å². The number of halogens is 1. The van der Waals surface area contributed by atoms with Crippen LogP contribution in [-0.2, 0) is 12.8 Å². The number of aliphatic hydroxyl groups is 1. The number of hydrogen-bond donors (Lipinski definition) is 2. The van der Waals surface area contributed by atoms with Gasteiger partial charge in [0.15, 0.2) is 0 Å². The largest absolute Gasteiger partial charge is 0.384 e. The van der Waals surface area contributed by atoms with Crippen LogP contribution < -0.4 is 0 Å². The van der Waals surface area contributed by atoms with Crippen LogP contribution in [0.2, 0.25) is 0 Å². The Kier molecular flexibility index (Phi) is 1.84. The zero-order valence-corrected chi connectivity index (χ0v) is 6.68. The van der Waals surface area contributed by atoms with Crippen LogP contribution in [0.15, 0.2) is 0 Å². The van der Waals surface area contributed by atoms with Crippen molar-refractivity contribution in [3.63, 3.8) is 0 Å². The van der Waals surface area contributed by atoms with E-state index in [1.54, 1.807) is 0 Å². The summed E-state index contributed by atoms with van der Waals surface area (Å²) in [6, 6.07) is 0. The molecule has 66 valence electrons. The number of aryl methyl sites for hydroxylation is 1. The Labute approximate surface area is 69.6 Å². The molecular weight excluding hydrogens is 159 g/mol. The SMILES string of the molecule is OC(CF)c1n[nH]c2c1CCC2. The number of aliphatic hydroxyl groups excluding tert-OH is 1. The van der Waals surface area contributed by atoms with Crippen LogP contribution in [0.1, 0.15) is 29.5 Å². The van der Waals surface area contributed by atoms with E-state index in [1.165, 1.54) is 0 Å². The van der Waals surface area contributed by atoms with E-state index < -0.39 is 12.8 Å². The lowest BCUT2D eigenvalue weighted by Crippen LogP contribution is -2.02. The summed E-state index contributed by atoms with van der Waals surface area (Å²) in [6.07, 6.45) is 1.93. The highest BCUT2D eigenvalue weighted by molar-refractivity contribution is 5.30. The first-order valence-electron chi connectivity index (χ1n) is 4.13. The molecule has 0 saturated heterocycles.